The number of aliphatic carboxylic acids is 1. The molecule has 1 heterocycles. The molecule has 0 saturated heterocycles. The van der Waals surface area contributed by atoms with E-state index >= 15 is 0 Å². The minimum atomic E-state index is -5.56. The number of hydrogen-bond donors (Lipinski definition) is 3. The van der Waals surface area contributed by atoms with Crippen molar-refractivity contribution in [2.75, 3.05) is 6.61 Å². The molecule has 0 bridgehead atoms. The Hall–Kier alpha value is -3.04. The maximum absolute atomic E-state index is 13.1. The standard InChI is InChI=1S/C35H47F5O5/c1-3-33(31(43)44,21-11-8-12-22-34(36,37)35(38,39)40)20-10-7-5-4-6-9-13-29-28-19-18-27(42)23-30(28)45-24-32(29,2)25-14-16-26(41)17-15-25/h14-19,23,29,41-42H,3-13,20-22,24H2,1-2H3,(H,43,44). The Bertz CT molecular complexity index is 1230. The van der Waals surface area contributed by atoms with Crippen molar-refractivity contribution in [3.05, 3.63) is 53.6 Å². The molecule has 1 aliphatic rings. The van der Waals surface area contributed by atoms with Gasteiger partial charge in [0, 0.05) is 23.8 Å². The molecule has 2 aromatic rings. The van der Waals surface area contributed by atoms with E-state index in [1.54, 1.807) is 31.2 Å². The summed E-state index contributed by atoms with van der Waals surface area (Å²) in [5.41, 5.74) is 0.808. The summed E-state index contributed by atoms with van der Waals surface area (Å²) in [7, 11) is 0. The number of halogens is 5. The van der Waals surface area contributed by atoms with Gasteiger partial charge in [0.05, 0.1) is 12.0 Å². The topological polar surface area (TPSA) is 87.0 Å². The maximum atomic E-state index is 13.1. The van der Waals surface area contributed by atoms with Crippen molar-refractivity contribution in [3.8, 4) is 17.2 Å². The number of fused-ring (bicyclic) bond motifs is 1. The number of phenolic OH excluding ortho intramolecular Hbond substituents is 2. The normalized spacial score (nSPS) is 19.8. The van der Waals surface area contributed by atoms with Crippen molar-refractivity contribution in [3.63, 3.8) is 0 Å². The molecule has 3 rings (SSSR count). The number of carbonyl (C=O) groups is 1. The van der Waals surface area contributed by atoms with E-state index in [1.807, 2.05) is 18.2 Å². The first-order valence-corrected chi connectivity index (χ1v) is 16.1. The molecule has 0 spiro atoms. The highest BCUT2D eigenvalue weighted by molar-refractivity contribution is 5.74. The van der Waals surface area contributed by atoms with Gasteiger partial charge in [-0.3, -0.25) is 4.79 Å². The summed E-state index contributed by atoms with van der Waals surface area (Å²) in [4.78, 5) is 12.1. The molecule has 0 radical (unpaired) electrons. The molecule has 10 heteroatoms. The van der Waals surface area contributed by atoms with E-state index in [0.29, 0.717) is 38.0 Å². The largest absolute Gasteiger partial charge is 0.508 e. The summed E-state index contributed by atoms with van der Waals surface area (Å²) in [5, 5.41) is 29.7. The van der Waals surface area contributed by atoms with Crippen LogP contribution in [0.25, 0.3) is 0 Å². The van der Waals surface area contributed by atoms with Crippen molar-refractivity contribution in [1.29, 1.82) is 0 Å². The number of benzene rings is 2. The lowest BCUT2D eigenvalue weighted by molar-refractivity contribution is -0.284. The fourth-order valence-corrected chi connectivity index (χ4v) is 6.70. The van der Waals surface area contributed by atoms with Crippen molar-refractivity contribution < 1.29 is 46.8 Å². The number of carboxylic acids is 1. The second kappa shape index (κ2) is 15.5. The van der Waals surface area contributed by atoms with Crippen LogP contribution in [0.2, 0.25) is 0 Å². The van der Waals surface area contributed by atoms with Gasteiger partial charge in [-0.2, -0.15) is 22.0 Å². The Labute approximate surface area is 262 Å². The molecule has 3 unspecified atom stereocenters. The summed E-state index contributed by atoms with van der Waals surface area (Å²) in [6.07, 6.45) is 0.766. The predicted molar refractivity (Wildman–Crippen MR) is 163 cm³/mol. The highest BCUT2D eigenvalue weighted by Gasteiger charge is 2.56. The van der Waals surface area contributed by atoms with Crippen LogP contribution in [-0.4, -0.2) is 40.0 Å². The van der Waals surface area contributed by atoms with E-state index in [0.717, 1.165) is 49.7 Å². The molecular weight excluding hydrogens is 595 g/mol. The van der Waals surface area contributed by atoms with Gasteiger partial charge in [-0.05, 0) is 61.4 Å². The molecule has 0 amide bonds. The molecule has 3 N–H and O–H groups in total. The van der Waals surface area contributed by atoms with Gasteiger partial charge in [0.2, 0.25) is 0 Å². The second-order valence-corrected chi connectivity index (χ2v) is 12.9. The monoisotopic (exact) mass is 642 g/mol. The smallest absolute Gasteiger partial charge is 0.453 e. The first kappa shape index (κ1) is 36.4. The quantitative estimate of drug-likeness (QED) is 0.111. The van der Waals surface area contributed by atoms with Gasteiger partial charge < -0.3 is 20.1 Å². The zero-order chi connectivity index (χ0) is 33.3. The Morgan fingerprint density at radius 2 is 1.36 bits per heavy atom. The molecule has 252 valence electrons. The van der Waals surface area contributed by atoms with Gasteiger partial charge in [-0.1, -0.05) is 83.4 Å². The molecule has 0 saturated carbocycles. The van der Waals surface area contributed by atoms with E-state index in [4.69, 9.17) is 4.74 Å². The number of rotatable bonds is 18. The third-order valence-corrected chi connectivity index (χ3v) is 9.79. The van der Waals surface area contributed by atoms with E-state index in [-0.39, 0.29) is 42.1 Å². The zero-order valence-corrected chi connectivity index (χ0v) is 26.3. The molecule has 5 nitrogen and oxygen atoms in total. The Morgan fingerprint density at radius 1 is 0.822 bits per heavy atom. The van der Waals surface area contributed by atoms with Gasteiger partial charge >= 0.3 is 18.1 Å². The summed E-state index contributed by atoms with van der Waals surface area (Å²) in [6, 6.07) is 12.5. The van der Waals surface area contributed by atoms with Crippen LogP contribution in [0.3, 0.4) is 0 Å². The van der Waals surface area contributed by atoms with Crippen LogP contribution < -0.4 is 4.74 Å². The number of alkyl halides is 5. The van der Waals surface area contributed by atoms with E-state index in [2.05, 4.69) is 6.92 Å². The molecule has 0 aromatic heterocycles. The SMILES string of the molecule is CCC(CCCCCCCCC1c2ccc(O)cc2OCC1(C)c1ccc(O)cc1)(CCCCCC(F)(F)C(F)(F)F)C(=O)O. The number of unbranched alkanes of at least 4 members (excludes halogenated alkanes) is 7. The number of aromatic hydroxyl groups is 2. The minimum Gasteiger partial charge on any atom is -0.508 e. The molecule has 45 heavy (non-hydrogen) atoms. The number of phenols is 2. The Balaban J connectivity index is 1.46. The summed E-state index contributed by atoms with van der Waals surface area (Å²) in [5.74, 6) is -4.46. The maximum Gasteiger partial charge on any atom is 0.453 e. The molecular formula is C35H47F5O5. The van der Waals surface area contributed by atoms with Crippen LogP contribution in [0.1, 0.15) is 121 Å². The van der Waals surface area contributed by atoms with Crippen molar-refractivity contribution in [1.82, 2.24) is 0 Å². The van der Waals surface area contributed by atoms with Gasteiger partial charge in [-0.15, -0.1) is 0 Å². The summed E-state index contributed by atoms with van der Waals surface area (Å²) in [6.45, 7) is 4.40. The number of carboxylic acid groups (broad SMARTS) is 1. The molecule has 2 aromatic carbocycles. The lowest BCUT2D eigenvalue weighted by Gasteiger charge is -2.43. The predicted octanol–water partition coefficient (Wildman–Crippen LogP) is 10.3. The fraction of sp³-hybridized carbons (Fsp3) is 0.629. The summed E-state index contributed by atoms with van der Waals surface area (Å²) >= 11 is 0. The van der Waals surface area contributed by atoms with Gasteiger partial charge in [0.1, 0.15) is 17.2 Å². The summed E-state index contributed by atoms with van der Waals surface area (Å²) < 4.78 is 69.5. The van der Waals surface area contributed by atoms with Gasteiger partial charge in [-0.25, -0.2) is 0 Å². The first-order chi connectivity index (χ1) is 21.1. The van der Waals surface area contributed by atoms with Gasteiger partial charge in [0.25, 0.3) is 0 Å². The number of ether oxygens (including phenoxy) is 1. The van der Waals surface area contributed by atoms with E-state index in [9.17, 15) is 42.1 Å². The average Bonchev–Trinajstić information content (AvgIpc) is 2.97. The second-order valence-electron chi connectivity index (χ2n) is 12.9. The minimum absolute atomic E-state index is 0.130. The third-order valence-electron chi connectivity index (χ3n) is 9.79. The first-order valence-electron chi connectivity index (χ1n) is 16.1. The van der Waals surface area contributed by atoms with Crippen LogP contribution in [0.4, 0.5) is 22.0 Å². The fourth-order valence-electron chi connectivity index (χ4n) is 6.70. The third kappa shape index (κ3) is 9.26. The molecule has 0 aliphatic carbocycles. The van der Waals surface area contributed by atoms with E-state index in [1.165, 1.54) is 0 Å². The highest BCUT2D eigenvalue weighted by atomic mass is 19.4. The van der Waals surface area contributed by atoms with Crippen LogP contribution in [-0.2, 0) is 10.2 Å². The number of hydrogen-bond acceptors (Lipinski definition) is 4. The lowest BCUT2D eigenvalue weighted by Crippen LogP contribution is -2.40. The van der Waals surface area contributed by atoms with Crippen molar-refractivity contribution in [2.24, 2.45) is 5.41 Å². The molecule has 0 fully saturated rings. The van der Waals surface area contributed by atoms with Crippen molar-refractivity contribution in [2.45, 2.75) is 127 Å². The lowest BCUT2D eigenvalue weighted by atomic mass is 9.66. The van der Waals surface area contributed by atoms with Crippen molar-refractivity contribution >= 4 is 5.97 Å². The zero-order valence-electron chi connectivity index (χ0n) is 26.3. The average molecular weight is 643 g/mol. The van der Waals surface area contributed by atoms with Crippen LogP contribution >= 0.6 is 0 Å². The Kier molecular flexibility index (Phi) is 12.5. The Morgan fingerprint density at radius 3 is 1.93 bits per heavy atom. The van der Waals surface area contributed by atoms with Crippen LogP contribution in [0, 0.1) is 5.41 Å². The van der Waals surface area contributed by atoms with E-state index < -0.39 is 29.9 Å². The highest BCUT2D eigenvalue weighted by Crippen LogP contribution is 2.50. The van der Waals surface area contributed by atoms with Gasteiger partial charge in [0.15, 0.2) is 0 Å². The molecule has 1 aliphatic heterocycles. The van der Waals surface area contributed by atoms with Crippen LogP contribution in [0.15, 0.2) is 42.5 Å². The van der Waals surface area contributed by atoms with Crippen LogP contribution in [0.5, 0.6) is 17.2 Å². The molecule has 3 atom stereocenters.